The lowest BCUT2D eigenvalue weighted by molar-refractivity contribution is 1.14. The van der Waals surface area contributed by atoms with E-state index in [0.717, 1.165) is 27.8 Å². The summed E-state index contributed by atoms with van der Waals surface area (Å²) in [5, 5.41) is 4.00. The maximum absolute atomic E-state index is 5.99. The van der Waals surface area contributed by atoms with E-state index in [-0.39, 0.29) is 0 Å². The minimum absolute atomic E-state index is 0.324. The molecule has 0 atom stereocenters. The largest absolute Gasteiger partial charge is 0.389 e. The van der Waals surface area contributed by atoms with E-state index < -0.39 is 0 Å². The molecule has 0 aliphatic carbocycles. The highest BCUT2D eigenvalue weighted by molar-refractivity contribution is 9.10. The van der Waals surface area contributed by atoms with E-state index >= 15 is 0 Å². The van der Waals surface area contributed by atoms with Crippen LogP contribution in [0.1, 0.15) is 18.1 Å². The van der Waals surface area contributed by atoms with Gasteiger partial charge in [-0.15, -0.1) is 0 Å². The van der Waals surface area contributed by atoms with Crippen molar-refractivity contribution in [3.63, 3.8) is 0 Å². The lowest BCUT2D eigenvalue weighted by Gasteiger charge is -2.15. The van der Waals surface area contributed by atoms with Gasteiger partial charge in [-0.2, -0.15) is 0 Å². The van der Waals surface area contributed by atoms with Crippen molar-refractivity contribution in [3.05, 3.63) is 57.0 Å². The molecular formula is C15H14BrClN2S. The van der Waals surface area contributed by atoms with Gasteiger partial charge in [0.15, 0.2) is 0 Å². The normalized spacial score (nSPS) is 10.3. The van der Waals surface area contributed by atoms with Gasteiger partial charge in [-0.05, 0) is 48.4 Å². The summed E-state index contributed by atoms with van der Waals surface area (Å²) in [5.74, 6) is 0. The standard InChI is InChI=1S/C15H14BrClN2S/c1-2-9-7-10(16)3-5-13(9)19-14-6-4-11(17)8-12(14)15(18)20/h3-8,19H,2H2,1H3,(H2,18,20). The van der Waals surface area contributed by atoms with Crippen LogP contribution < -0.4 is 11.1 Å². The van der Waals surface area contributed by atoms with Gasteiger partial charge in [-0.1, -0.05) is 46.7 Å². The summed E-state index contributed by atoms with van der Waals surface area (Å²) in [6, 6.07) is 11.6. The first-order chi connectivity index (χ1) is 9.51. The van der Waals surface area contributed by atoms with Crippen LogP contribution in [0.4, 0.5) is 11.4 Å². The number of nitrogens with two attached hydrogens (primary N) is 1. The average molecular weight is 370 g/mol. The fourth-order valence-electron chi connectivity index (χ4n) is 1.95. The molecule has 2 nitrogen and oxygen atoms in total. The molecule has 5 heteroatoms. The van der Waals surface area contributed by atoms with Gasteiger partial charge < -0.3 is 11.1 Å². The summed E-state index contributed by atoms with van der Waals surface area (Å²) >= 11 is 14.6. The second kappa shape index (κ2) is 6.57. The zero-order valence-corrected chi connectivity index (χ0v) is 14.1. The molecule has 0 bridgehead atoms. The number of hydrogen-bond acceptors (Lipinski definition) is 2. The van der Waals surface area contributed by atoms with Crippen LogP contribution in [0, 0.1) is 0 Å². The van der Waals surface area contributed by atoms with Crippen LogP contribution in [0.2, 0.25) is 5.02 Å². The van der Waals surface area contributed by atoms with E-state index in [4.69, 9.17) is 29.6 Å². The summed E-state index contributed by atoms with van der Waals surface area (Å²) in [5.41, 5.74) is 9.61. The monoisotopic (exact) mass is 368 g/mol. The number of nitrogens with one attached hydrogen (secondary N) is 1. The van der Waals surface area contributed by atoms with E-state index in [1.165, 1.54) is 5.56 Å². The molecule has 2 rings (SSSR count). The maximum Gasteiger partial charge on any atom is 0.106 e. The van der Waals surface area contributed by atoms with Gasteiger partial charge in [0, 0.05) is 26.4 Å². The molecule has 104 valence electrons. The SMILES string of the molecule is CCc1cc(Br)ccc1Nc1ccc(Cl)cc1C(N)=S. The van der Waals surface area contributed by atoms with E-state index in [9.17, 15) is 0 Å². The maximum atomic E-state index is 5.99. The van der Waals surface area contributed by atoms with Crippen LogP contribution in [0.5, 0.6) is 0 Å². The molecule has 0 aliphatic heterocycles. The molecule has 0 unspecified atom stereocenters. The van der Waals surface area contributed by atoms with E-state index in [0.29, 0.717) is 10.0 Å². The first-order valence-electron chi connectivity index (χ1n) is 6.16. The van der Waals surface area contributed by atoms with Crippen LogP contribution in [-0.4, -0.2) is 4.99 Å². The van der Waals surface area contributed by atoms with Crippen LogP contribution >= 0.6 is 39.7 Å². The first kappa shape index (κ1) is 15.3. The van der Waals surface area contributed by atoms with Gasteiger partial charge in [-0.3, -0.25) is 0 Å². The first-order valence-corrected chi connectivity index (χ1v) is 7.74. The average Bonchev–Trinajstić information content (AvgIpc) is 2.42. The topological polar surface area (TPSA) is 38.0 Å². The molecule has 0 saturated carbocycles. The molecule has 2 aromatic rings. The van der Waals surface area contributed by atoms with Crippen molar-refractivity contribution in [2.24, 2.45) is 5.73 Å². The third-order valence-corrected chi connectivity index (χ3v) is 3.91. The predicted octanol–water partition coefficient (Wildman–Crippen LogP) is 5.04. The van der Waals surface area contributed by atoms with Crippen LogP contribution in [-0.2, 0) is 6.42 Å². The molecule has 0 aromatic heterocycles. The van der Waals surface area contributed by atoms with Crippen molar-refractivity contribution in [2.45, 2.75) is 13.3 Å². The number of anilines is 2. The predicted molar refractivity (Wildman–Crippen MR) is 94.1 cm³/mol. The van der Waals surface area contributed by atoms with Crippen molar-refractivity contribution >= 4 is 56.1 Å². The highest BCUT2D eigenvalue weighted by Gasteiger charge is 2.08. The molecule has 0 aliphatic rings. The Bertz CT molecular complexity index is 658. The number of halogens is 2. The second-order valence-corrected chi connectivity index (χ2v) is 6.13. The third kappa shape index (κ3) is 3.51. The lowest BCUT2D eigenvalue weighted by Crippen LogP contribution is -2.12. The van der Waals surface area contributed by atoms with Gasteiger partial charge in [0.2, 0.25) is 0 Å². The Kier molecular flexibility index (Phi) is 5.02. The van der Waals surface area contributed by atoms with Gasteiger partial charge in [0.25, 0.3) is 0 Å². The summed E-state index contributed by atoms with van der Waals surface area (Å²) in [6.07, 6.45) is 0.928. The van der Waals surface area contributed by atoms with E-state index in [1.807, 2.05) is 24.3 Å². The Hall–Kier alpha value is -1.10. The number of aryl methyl sites for hydroxylation is 1. The molecule has 0 fully saturated rings. The van der Waals surface area contributed by atoms with Gasteiger partial charge >= 0.3 is 0 Å². The Labute approximate surface area is 137 Å². The van der Waals surface area contributed by atoms with E-state index in [1.54, 1.807) is 6.07 Å². The zero-order valence-electron chi connectivity index (χ0n) is 10.9. The molecule has 0 heterocycles. The lowest BCUT2D eigenvalue weighted by atomic mass is 10.1. The zero-order chi connectivity index (χ0) is 14.7. The van der Waals surface area contributed by atoms with Crippen molar-refractivity contribution in [1.29, 1.82) is 0 Å². The smallest absolute Gasteiger partial charge is 0.106 e. The molecule has 0 amide bonds. The summed E-state index contributed by atoms with van der Waals surface area (Å²) in [4.78, 5) is 0.324. The van der Waals surface area contributed by atoms with Crippen molar-refractivity contribution in [2.75, 3.05) is 5.32 Å². The number of hydrogen-bond donors (Lipinski definition) is 2. The summed E-state index contributed by atoms with van der Waals surface area (Å²) in [6.45, 7) is 2.11. The highest BCUT2D eigenvalue weighted by atomic mass is 79.9. The van der Waals surface area contributed by atoms with E-state index in [2.05, 4.69) is 34.2 Å². The van der Waals surface area contributed by atoms with Crippen molar-refractivity contribution in [1.82, 2.24) is 0 Å². The molecule has 3 N–H and O–H groups in total. The van der Waals surface area contributed by atoms with Gasteiger partial charge in [-0.25, -0.2) is 0 Å². The van der Waals surface area contributed by atoms with Crippen molar-refractivity contribution < 1.29 is 0 Å². The second-order valence-electron chi connectivity index (χ2n) is 4.33. The Morgan fingerprint density at radius 1 is 1.25 bits per heavy atom. The Morgan fingerprint density at radius 2 is 1.95 bits per heavy atom. The molecular weight excluding hydrogens is 356 g/mol. The number of benzene rings is 2. The summed E-state index contributed by atoms with van der Waals surface area (Å²) in [7, 11) is 0. The van der Waals surface area contributed by atoms with Crippen LogP contribution in [0.3, 0.4) is 0 Å². The fraction of sp³-hybridized carbons (Fsp3) is 0.133. The molecule has 0 radical (unpaired) electrons. The Balaban J connectivity index is 2.42. The highest BCUT2D eigenvalue weighted by Crippen LogP contribution is 2.28. The van der Waals surface area contributed by atoms with Crippen LogP contribution in [0.25, 0.3) is 0 Å². The minimum Gasteiger partial charge on any atom is -0.389 e. The number of thiocarbonyl (C=S) groups is 1. The minimum atomic E-state index is 0.324. The molecule has 20 heavy (non-hydrogen) atoms. The summed E-state index contributed by atoms with van der Waals surface area (Å²) < 4.78 is 1.06. The fourth-order valence-corrected chi connectivity index (χ4v) is 2.70. The van der Waals surface area contributed by atoms with Crippen molar-refractivity contribution in [3.8, 4) is 0 Å². The molecule has 0 saturated heterocycles. The third-order valence-electron chi connectivity index (χ3n) is 2.96. The molecule has 2 aromatic carbocycles. The van der Waals surface area contributed by atoms with Crippen LogP contribution in [0.15, 0.2) is 40.9 Å². The van der Waals surface area contributed by atoms with Gasteiger partial charge in [0.05, 0.1) is 0 Å². The van der Waals surface area contributed by atoms with Gasteiger partial charge in [0.1, 0.15) is 4.99 Å². The Morgan fingerprint density at radius 3 is 2.60 bits per heavy atom. The quantitative estimate of drug-likeness (QED) is 0.741. The molecule has 0 spiro atoms. The number of rotatable bonds is 4.